The van der Waals surface area contributed by atoms with Gasteiger partial charge in [0, 0.05) is 42.2 Å². The lowest BCUT2D eigenvalue weighted by atomic mass is 9.92. The number of carbonyl (C=O) groups is 2. The molecule has 0 radical (unpaired) electrons. The predicted octanol–water partition coefficient (Wildman–Crippen LogP) is 13.7. The highest BCUT2D eigenvalue weighted by molar-refractivity contribution is 5.95. The molecule has 10 heteroatoms. The van der Waals surface area contributed by atoms with Crippen molar-refractivity contribution in [3.63, 3.8) is 0 Å². The van der Waals surface area contributed by atoms with Gasteiger partial charge in [-0.25, -0.2) is 0 Å². The number of nitrogens with zero attached hydrogens (tertiary/aromatic N) is 2. The van der Waals surface area contributed by atoms with Gasteiger partial charge in [-0.15, -0.1) is 0 Å². The molecule has 5 rings (SSSR count). The molecule has 5 aromatic carbocycles. The van der Waals surface area contributed by atoms with Gasteiger partial charge in [0.2, 0.25) is 0 Å². The fourth-order valence-corrected chi connectivity index (χ4v) is 7.96. The second-order valence-corrected chi connectivity index (χ2v) is 16.3. The molecule has 0 unspecified atom stereocenters. The number of ether oxygens (including phenoxy) is 3. The summed E-state index contributed by atoms with van der Waals surface area (Å²) in [6, 6.07) is 29.2. The van der Waals surface area contributed by atoms with E-state index in [9.17, 15) is 9.59 Å². The van der Waals surface area contributed by atoms with Gasteiger partial charge in [-0.1, -0.05) is 90.5 Å². The van der Waals surface area contributed by atoms with E-state index in [1.165, 1.54) is 46.0 Å². The zero-order chi connectivity index (χ0) is 45.7. The van der Waals surface area contributed by atoms with E-state index < -0.39 is 0 Å². The molecule has 340 valence electrons. The minimum absolute atomic E-state index is 0.126. The maximum atomic E-state index is 12.8. The Morgan fingerprint density at radius 2 is 1.08 bits per heavy atom. The molecule has 0 fully saturated rings. The van der Waals surface area contributed by atoms with E-state index in [-0.39, 0.29) is 18.5 Å². The Bertz CT molecular complexity index is 2240. The van der Waals surface area contributed by atoms with Gasteiger partial charge in [0.1, 0.15) is 17.2 Å². The summed E-state index contributed by atoms with van der Waals surface area (Å²) < 4.78 is 17.8. The molecule has 0 heterocycles. The number of carbonyl (C=O) groups excluding carboxylic acids is 2. The monoisotopic (exact) mass is 868 g/mol. The number of esters is 1. The van der Waals surface area contributed by atoms with Crippen LogP contribution in [0.2, 0.25) is 0 Å². The summed E-state index contributed by atoms with van der Waals surface area (Å²) in [5.41, 5.74) is 18.5. The van der Waals surface area contributed by atoms with Crippen molar-refractivity contribution in [2.75, 3.05) is 36.8 Å². The molecule has 0 aliphatic rings. The standard InChI is InChI=1S/C54H69N5O5/c1-7-41-30-39(31-42(8-2)53(41)56-6)29-40-32-43(9-3)54(44(10-4)33-40)57-37-63-50-34-45(38(5)60)35-51(36-50)64-52(61)19-17-15-13-11-12-14-16-18-28-62-49-26-24-48(25-27-49)59-58-47-22-20-46(55)21-23-47/h20-27,30-36,56-57H,7-19,28-29,37,55H2,1-6H3. The smallest absolute Gasteiger partial charge is 0.311 e. The van der Waals surface area contributed by atoms with Gasteiger partial charge in [0.25, 0.3) is 0 Å². The summed E-state index contributed by atoms with van der Waals surface area (Å²) in [6.07, 6.45) is 13.3. The maximum Gasteiger partial charge on any atom is 0.311 e. The third-order valence-electron chi connectivity index (χ3n) is 11.5. The Morgan fingerprint density at radius 1 is 0.578 bits per heavy atom. The Morgan fingerprint density at radius 3 is 1.61 bits per heavy atom. The summed E-state index contributed by atoms with van der Waals surface area (Å²) >= 11 is 0. The van der Waals surface area contributed by atoms with Gasteiger partial charge in [0.15, 0.2) is 12.5 Å². The predicted molar refractivity (Wildman–Crippen MR) is 262 cm³/mol. The minimum atomic E-state index is -0.308. The average Bonchev–Trinajstić information content (AvgIpc) is 3.30. The fourth-order valence-electron chi connectivity index (χ4n) is 7.96. The topological polar surface area (TPSA) is 137 Å². The molecule has 5 aromatic rings. The van der Waals surface area contributed by atoms with Crippen LogP contribution in [0.3, 0.4) is 0 Å². The van der Waals surface area contributed by atoms with E-state index in [0.29, 0.717) is 35.8 Å². The SMILES string of the molecule is CCc1cc(Cc2cc(CC)c(NCOc3cc(OC(=O)CCCCCCCCCCOc4ccc(N=Nc5ccc(N)cc5)cc4)cc(C(C)=O)c3)c(CC)c2)cc(CC)c1NC. The van der Waals surface area contributed by atoms with Gasteiger partial charge in [0.05, 0.1) is 18.0 Å². The molecule has 0 atom stereocenters. The van der Waals surface area contributed by atoms with Gasteiger partial charge >= 0.3 is 5.97 Å². The normalized spacial score (nSPS) is 11.2. The summed E-state index contributed by atoms with van der Waals surface area (Å²) in [5.74, 6) is 1.18. The number of ketones is 1. The maximum absolute atomic E-state index is 12.8. The number of hydrogen-bond acceptors (Lipinski definition) is 10. The van der Waals surface area contributed by atoms with Gasteiger partial charge in [-0.3, -0.25) is 9.59 Å². The van der Waals surface area contributed by atoms with E-state index in [0.717, 1.165) is 106 Å². The van der Waals surface area contributed by atoms with Crippen molar-refractivity contribution in [1.82, 2.24) is 0 Å². The van der Waals surface area contributed by atoms with Crippen molar-refractivity contribution in [3.8, 4) is 17.2 Å². The van der Waals surface area contributed by atoms with Crippen molar-refractivity contribution in [2.45, 2.75) is 125 Å². The number of nitrogens with one attached hydrogen (secondary N) is 2. The first-order chi connectivity index (χ1) is 31.1. The van der Waals surface area contributed by atoms with E-state index in [1.807, 2.05) is 43.4 Å². The molecular weight excluding hydrogens is 799 g/mol. The van der Waals surface area contributed by atoms with Crippen LogP contribution < -0.4 is 30.6 Å². The van der Waals surface area contributed by atoms with Crippen LogP contribution in [0.1, 0.15) is 136 Å². The molecule has 0 saturated heterocycles. The minimum Gasteiger partial charge on any atom is -0.494 e. The molecule has 0 saturated carbocycles. The average molecular weight is 868 g/mol. The quantitative estimate of drug-likeness (QED) is 0.00902. The van der Waals surface area contributed by atoms with E-state index in [2.05, 4.69) is 72.8 Å². The number of azo groups is 1. The highest BCUT2D eigenvalue weighted by atomic mass is 16.5. The lowest BCUT2D eigenvalue weighted by Crippen LogP contribution is -2.13. The van der Waals surface area contributed by atoms with Crippen LogP contribution in [-0.4, -0.2) is 32.1 Å². The molecule has 0 bridgehead atoms. The zero-order valence-corrected chi connectivity index (χ0v) is 39.0. The van der Waals surface area contributed by atoms with Gasteiger partial charge in [-0.05, 0) is 146 Å². The first-order valence-electron chi connectivity index (χ1n) is 23.3. The molecule has 0 aromatic heterocycles. The van der Waals surface area contributed by atoms with Crippen molar-refractivity contribution in [1.29, 1.82) is 0 Å². The summed E-state index contributed by atoms with van der Waals surface area (Å²) in [7, 11) is 2.01. The summed E-state index contributed by atoms with van der Waals surface area (Å²) in [5, 5.41) is 15.4. The van der Waals surface area contributed by atoms with E-state index >= 15 is 0 Å². The van der Waals surface area contributed by atoms with Gasteiger partial charge in [-0.2, -0.15) is 10.2 Å². The third-order valence-corrected chi connectivity index (χ3v) is 11.5. The number of unbranched alkanes of at least 4 members (excludes halogenated alkanes) is 7. The second-order valence-electron chi connectivity index (χ2n) is 16.3. The van der Waals surface area contributed by atoms with Crippen LogP contribution in [-0.2, 0) is 36.9 Å². The lowest BCUT2D eigenvalue weighted by molar-refractivity contribution is -0.134. The Labute approximate surface area is 381 Å². The Hall–Kier alpha value is -6.16. The number of benzene rings is 5. The van der Waals surface area contributed by atoms with Crippen LogP contribution in [0.4, 0.5) is 28.4 Å². The first-order valence-corrected chi connectivity index (χ1v) is 23.3. The molecule has 4 N–H and O–H groups in total. The largest absolute Gasteiger partial charge is 0.494 e. The van der Waals surface area contributed by atoms with E-state index in [1.54, 1.807) is 30.3 Å². The molecule has 10 nitrogen and oxygen atoms in total. The van der Waals surface area contributed by atoms with Gasteiger partial charge < -0.3 is 30.6 Å². The number of nitrogens with two attached hydrogens (primary N) is 1. The number of Topliss-reactive ketones (excluding diaryl/α,β-unsaturated/α-hetero) is 1. The van der Waals surface area contributed by atoms with E-state index in [4.69, 9.17) is 19.9 Å². The van der Waals surface area contributed by atoms with Crippen molar-refractivity contribution in [2.24, 2.45) is 10.2 Å². The fraction of sp³-hybridized carbons (Fsp3) is 0.407. The number of rotatable bonds is 27. The number of anilines is 3. The summed E-state index contributed by atoms with van der Waals surface area (Å²) in [4.78, 5) is 25.3. The highest BCUT2D eigenvalue weighted by Crippen LogP contribution is 2.31. The number of aryl methyl sites for hydroxylation is 4. The third kappa shape index (κ3) is 15.3. The highest BCUT2D eigenvalue weighted by Gasteiger charge is 2.14. The van der Waals surface area contributed by atoms with Crippen LogP contribution in [0, 0.1) is 0 Å². The van der Waals surface area contributed by atoms with Crippen LogP contribution >= 0.6 is 0 Å². The van der Waals surface area contributed by atoms with Crippen LogP contribution in [0.5, 0.6) is 17.2 Å². The van der Waals surface area contributed by atoms with Crippen molar-refractivity contribution >= 4 is 40.2 Å². The molecule has 0 aliphatic heterocycles. The van der Waals surface area contributed by atoms with Crippen LogP contribution in [0.15, 0.2) is 101 Å². The Balaban J connectivity index is 1.00. The molecule has 0 aliphatic carbocycles. The zero-order valence-electron chi connectivity index (χ0n) is 39.0. The van der Waals surface area contributed by atoms with Crippen LogP contribution in [0.25, 0.3) is 0 Å². The first kappa shape index (κ1) is 48.9. The molecular formula is C54H69N5O5. The lowest BCUT2D eigenvalue weighted by Gasteiger charge is -2.19. The molecule has 0 spiro atoms. The molecule has 64 heavy (non-hydrogen) atoms. The van der Waals surface area contributed by atoms with Crippen molar-refractivity contribution in [3.05, 3.63) is 130 Å². The van der Waals surface area contributed by atoms with Crippen molar-refractivity contribution < 1.29 is 23.8 Å². The Kier molecular flexibility index (Phi) is 19.7. The number of hydrogen-bond donors (Lipinski definition) is 3. The number of nitrogen functional groups attached to an aromatic ring is 1. The summed E-state index contributed by atoms with van der Waals surface area (Å²) in [6.45, 7) is 11.2. The molecule has 0 amide bonds. The second kappa shape index (κ2) is 25.8.